The van der Waals surface area contributed by atoms with Crippen LogP contribution in [0.2, 0.25) is 0 Å². The zero-order valence-electron chi connectivity index (χ0n) is 23.9. The summed E-state index contributed by atoms with van der Waals surface area (Å²) in [6, 6.07) is 23.8. The maximum absolute atomic E-state index is 14.6. The highest BCUT2D eigenvalue weighted by Crippen LogP contribution is 2.40. The number of hydrogen-bond donors (Lipinski definition) is 0. The van der Waals surface area contributed by atoms with E-state index in [0.29, 0.717) is 27.6 Å². The molecule has 8 rings (SSSR count). The molecule has 15 nitrogen and oxygen atoms in total. The van der Waals surface area contributed by atoms with E-state index in [1.165, 1.54) is 27.7 Å². The summed E-state index contributed by atoms with van der Waals surface area (Å²) in [5.41, 5.74) is 3.21. The molecule has 0 saturated heterocycles. The summed E-state index contributed by atoms with van der Waals surface area (Å²) in [6.07, 6.45) is 1.27. The van der Waals surface area contributed by atoms with E-state index in [0.717, 1.165) is 5.56 Å². The number of aromatic nitrogens is 10. The van der Waals surface area contributed by atoms with Crippen LogP contribution in [0, 0.1) is 17.0 Å². The topological polar surface area (TPSA) is 182 Å². The van der Waals surface area contributed by atoms with E-state index in [2.05, 4.69) is 35.9 Å². The summed E-state index contributed by atoms with van der Waals surface area (Å²) >= 11 is 0. The van der Waals surface area contributed by atoms with Crippen LogP contribution in [0.5, 0.6) is 0 Å². The molecular formula is C30H21N11O4S. The molecule has 1 unspecified atom stereocenters. The molecule has 0 amide bonds. The van der Waals surface area contributed by atoms with Gasteiger partial charge in [0.25, 0.3) is 5.69 Å². The molecule has 226 valence electrons. The van der Waals surface area contributed by atoms with Crippen molar-refractivity contribution in [2.24, 2.45) is 0 Å². The zero-order valence-corrected chi connectivity index (χ0v) is 24.7. The SMILES string of the molecule is Cc1ccc(S(=O)(=O)C(c2nn3cnnc3c3c([N+](=O)[O-])c(Cn4nnc5ccccc54)ccc23)n2nnc3ccccc32)cc1. The quantitative estimate of drug-likeness (QED) is 0.183. The predicted octanol–water partition coefficient (Wildman–Crippen LogP) is 4.05. The first-order valence-electron chi connectivity index (χ1n) is 14.0. The lowest BCUT2D eigenvalue weighted by molar-refractivity contribution is -0.383. The number of nitrogens with zero attached hydrogens (tertiary/aromatic N) is 11. The van der Waals surface area contributed by atoms with Crippen LogP contribution in [-0.4, -0.2) is 63.1 Å². The minimum Gasteiger partial charge on any atom is -0.258 e. The summed E-state index contributed by atoms with van der Waals surface area (Å²) in [7, 11) is -4.29. The first-order valence-corrected chi connectivity index (χ1v) is 15.5. The first-order chi connectivity index (χ1) is 22.3. The number of para-hydroxylation sites is 2. The summed E-state index contributed by atoms with van der Waals surface area (Å²) in [4.78, 5) is 12.4. The minimum absolute atomic E-state index is 0.0145. The summed E-state index contributed by atoms with van der Waals surface area (Å²) < 4.78 is 33.3. The van der Waals surface area contributed by atoms with Crippen molar-refractivity contribution in [2.75, 3.05) is 0 Å². The number of rotatable bonds is 7. The maximum Gasteiger partial charge on any atom is 0.286 e. The Morgan fingerprint density at radius 1 is 0.848 bits per heavy atom. The highest BCUT2D eigenvalue weighted by Gasteiger charge is 2.38. The van der Waals surface area contributed by atoms with Gasteiger partial charge in [-0.1, -0.05) is 58.5 Å². The fourth-order valence-electron chi connectivity index (χ4n) is 5.74. The third-order valence-corrected chi connectivity index (χ3v) is 9.85. The zero-order chi connectivity index (χ0) is 31.6. The van der Waals surface area contributed by atoms with Crippen molar-refractivity contribution in [1.82, 2.24) is 49.8 Å². The standard InChI is InChI=1S/C30H21N11O4S/c1-18-10-13-20(14-11-18)46(44,45)30(40-25-9-5-3-7-23(25)33-37-40)27-21-15-12-19(16-38-24-8-4-2-6-22(24)32-36-38)28(41(42)43)26(21)29-34-31-17-39(29)35-27/h2-15,17,30H,16H2,1H3. The van der Waals surface area contributed by atoms with Gasteiger partial charge in [0.05, 0.1) is 33.0 Å². The van der Waals surface area contributed by atoms with Gasteiger partial charge in [0.15, 0.2) is 5.65 Å². The van der Waals surface area contributed by atoms with Crippen LogP contribution >= 0.6 is 0 Å². The Kier molecular flexibility index (Phi) is 6.07. The van der Waals surface area contributed by atoms with Crippen molar-refractivity contribution in [3.05, 3.63) is 118 Å². The molecular weight excluding hydrogens is 610 g/mol. The molecule has 0 N–H and O–H groups in total. The van der Waals surface area contributed by atoms with Crippen molar-refractivity contribution in [1.29, 1.82) is 0 Å². The third kappa shape index (κ3) is 4.18. The summed E-state index contributed by atoms with van der Waals surface area (Å²) in [5.74, 6) is 0. The number of sulfone groups is 1. The van der Waals surface area contributed by atoms with Crippen LogP contribution in [0.1, 0.15) is 22.2 Å². The van der Waals surface area contributed by atoms with Gasteiger partial charge in [0.2, 0.25) is 15.2 Å². The molecule has 0 radical (unpaired) electrons. The molecule has 16 heteroatoms. The largest absolute Gasteiger partial charge is 0.286 e. The van der Waals surface area contributed by atoms with Crippen molar-refractivity contribution < 1.29 is 13.3 Å². The summed E-state index contributed by atoms with van der Waals surface area (Å²) in [5, 5.41) is 41.2. The second kappa shape index (κ2) is 10.2. The maximum atomic E-state index is 14.6. The number of nitro benzene ring substituents is 1. The van der Waals surface area contributed by atoms with Gasteiger partial charge in [0.1, 0.15) is 28.4 Å². The second-order valence-electron chi connectivity index (χ2n) is 10.7. The molecule has 1 atom stereocenters. The van der Waals surface area contributed by atoms with Crippen molar-refractivity contribution in [3.8, 4) is 0 Å². The van der Waals surface area contributed by atoms with Gasteiger partial charge >= 0.3 is 0 Å². The van der Waals surface area contributed by atoms with E-state index >= 15 is 0 Å². The molecule has 8 aromatic rings. The molecule has 0 saturated carbocycles. The number of nitro groups is 1. The molecule has 4 heterocycles. The Bertz CT molecular complexity index is 2590. The lowest BCUT2D eigenvalue weighted by Crippen LogP contribution is -2.25. The molecule has 4 aromatic heterocycles. The lowest BCUT2D eigenvalue weighted by atomic mass is 10.0. The molecule has 0 spiro atoms. The van der Waals surface area contributed by atoms with Crippen LogP contribution < -0.4 is 0 Å². The Hall–Kier alpha value is -6.16. The molecule has 0 fully saturated rings. The van der Waals surface area contributed by atoms with Gasteiger partial charge < -0.3 is 0 Å². The third-order valence-electron chi connectivity index (χ3n) is 7.91. The fraction of sp³-hybridized carbons (Fsp3) is 0.100. The highest BCUT2D eigenvalue weighted by molar-refractivity contribution is 7.91. The Labute approximate surface area is 258 Å². The Morgan fingerprint density at radius 3 is 2.30 bits per heavy atom. The average Bonchev–Trinajstić information content (AvgIpc) is 3.80. The van der Waals surface area contributed by atoms with Gasteiger partial charge in [-0.15, -0.1) is 20.4 Å². The summed E-state index contributed by atoms with van der Waals surface area (Å²) in [6.45, 7) is 1.87. The number of fused-ring (bicyclic) bond motifs is 5. The van der Waals surface area contributed by atoms with E-state index < -0.39 is 20.1 Å². The van der Waals surface area contributed by atoms with E-state index in [9.17, 15) is 18.5 Å². The number of aryl methyl sites for hydroxylation is 1. The van der Waals surface area contributed by atoms with Crippen molar-refractivity contribution >= 4 is 54.0 Å². The fourth-order valence-corrected chi connectivity index (χ4v) is 7.40. The molecule has 4 aromatic carbocycles. The Balaban J connectivity index is 1.43. The van der Waals surface area contributed by atoms with E-state index in [4.69, 9.17) is 0 Å². The molecule has 0 bridgehead atoms. The first kappa shape index (κ1) is 27.4. The van der Waals surface area contributed by atoms with Gasteiger partial charge in [-0.25, -0.2) is 17.8 Å². The van der Waals surface area contributed by atoms with Gasteiger partial charge in [-0.05, 0) is 49.4 Å². The number of hydrogen-bond acceptors (Lipinski definition) is 11. The molecule has 0 aliphatic rings. The van der Waals surface area contributed by atoms with E-state index in [-0.39, 0.29) is 39.2 Å². The normalized spacial score (nSPS) is 12.8. The van der Waals surface area contributed by atoms with Crippen molar-refractivity contribution in [3.63, 3.8) is 0 Å². The van der Waals surface area contributed by atoms with Gasteiger partial charge in [-0.3, -0.25) is 10.1 Å². The van der Waals surface area contributed by atoms with Gasteiger partial charge in [-0.2, -0.15) is 9.61 Å². The lowest BCUT2D eigenvalue weighted by Gasteiger charge is -2.20. The monoisotopic (exact) mass is 631 g/mol. The smallest absolute Gasteiger partial charge is 0.258 e. The van der Waals surface area contributed by atoms with Crippen LogP contribution in [0.25, 0.3) is 38.5 Å². The van der Waals surface area contributed by atoms with E-state index in [1.807, 2.05) is 25.1 Å². The molecule has 46 heavy (non-hydrogen) atoms. The Morgan fingerprint density at radius 2 is 1.54 bits per heavy atom. The van der Waals surface area contributed by atoms with Crippen LogP contribution in [0.3, 0.4) is 0 Å². The average molecular weight is 632 g/mol. The van der Waals surface area contributed by atoms with Crippen molar-refractivity contribution in [2.45, 2.75) is 23.7 Å². The van der Waals surface area contributed by atoms with Crippen LogP contribution in [-0.2, 0) is 16.4 Å². The van der Waals surface area contributed by atoms with Crippen LogP contribution in [0.4, 0.5) is 5.69 Å². The second-order valence-corrected chi connectivity index (χ2v) is 12.7. The molecule has 0 aliphatic carbocycles. The minimum atomic E-state index is -4.29. The van der Waals surface area contributed by atoms with Gasteiger partial charge in [0, 0.05) is 5.39 Å². The highest BCUT2D eigenvalue weighted by atomic mass is 32.2. The number of benzene rings is 4. The predicted molar refractivity (Wildman–Crippen MR) is 166 cm³/mol. The van der Waals surface area contributed by atoms with E-state index in [1.54, 1.807) is 59.3 Å². The van der Waals surface area contributed by atoms with Crippen LogP contribution in [0.15, 0.2) is 96.2 Å². The molecule has 0 aliphatic heterocycles.